The molecule has 6 nitrogen and oxygen atoms in total. The number of aryl methyl sites for hydroxylation is 1. The van der Waals surface area contributed by atoms with Crippen molar-refractivity contribution in [3.63, 3.8) is 0 Å². The van der Waals surface area contributed by atoms with E-state index in [9.17, 15) is 14.4 Å². The van der Waals surface area contributed by atoms with Crippen LogP contribution in [0.5, 0.6) is 0 Å². The molecule has 0 fully saturated rings. The number of furan rings is 1. The molecular formula is C16H22O6. The number of hydrogen-bond donors (Lipinski definition) is 0. The minimum atomic E-state index is -0.544. The summed E-state index contributed by atoms with van der Waals surface area (Å²) in [4.78, 5) is 35.4. The van der Waals surface area contributed by atoms with E-state index in [1.54, 1.807) is 27.7 Å². The predicted octanol–water partition coefficient (Wildman–Crippen LogP) is 2.85. The Morgan fingerprint density at radius 1 is 1.05 bits per heavy atom. The van der Waals surface area contributed by atoms with Crippen molar-refractivity contribution >= 4 is 17.7 Å². The summed E-state index contributed by atoms with van der Waals surface area (Å²) in [7, 11) is 0. The Morgan fingerprint density at radius 2 is 1.68 bits per heavy atom. The lowest BCUT2D eigenvalue weighted by Gasteiger charge is -2.04. The largest absolute Gasteiger partial charge is 0.466 e. The number of ketones is 1. The Hall–Kier alpha value is -2.11. The Bertz CT molecular complexity index is 555. The van der Waals surface area contributed by atoms with E-state index in [0.717, 1.165) is 0 Å². The number of carbonyl (C=O) groups is 3. The van der Waals surface area contributed by atoms with Crippen molar-refractivity contribution in [3.8, 4) is 0 Å². The molecule has 0 saturated heterocycles. The van der Waals surface area contributed by atoms with Crippen LogP contribution in [0.25, 0.3) is 0 Å². The van der Waals surface area contributed by atoms with E-state index in [0.29, 0.717) is 17.9 Å². The van der Waals surface area contributed by atoms with Crippen molar-refractivity contribution in [1.82, 2.24) is 0 Å². The maximum atomic E-state index is 12.1. The second-order valence-electron chi connectivity index (χ2n) is 4.66. The standard InChI is InChI=1S/C16H22O6/c1-5-11(17)15-10(4)14(16(19)21-7-3)12(22-15)8-9-13(18)20-6-2/h5-9H2,1-4H3. The van der Waals surface area contributed by atoms with E-state index in [4.69, 9.17) is 13.9 Å². The highest BCUT2D eigenvalue weighted by molar-refractivity contribution is 6.00. The Morgan fingerprint density at radius 3 is 2.23 bits per heavy atom. The van der Waals surface area contributed by atoms with Gasteiger partial charge in [0.1, 0.15) is 11.3 Å². The molecule has 6 heteroatoms. The Balaban J connectivity index is 3.09. The molecule has 1 aromatic heterocycles. The molecule has 0 bridgehead atoms. The molecule has 0 spiro atoms. The van der Waals surface area contributed by atoms with Crippen molar-refractivity contribution in [1.29, 1.82) is 0 Å². The molecule has 1 rings (SSSR count). The zero-order valence-electron chi connectivity index (χ0n) is 13.5. The monoisotopic (exact) mass is 310 g/mol. The molecule has 22 heavy (non-hydrogen) atoms. The van der Waals surface area contributed by atoms with Gasteiger partial charge in [0.05, 0.1) is 19.6 Å². The van der Waals surface area contributed by atoms with Gasteiger partial charge in [-0.15, -0.1) is 0 Å². The number of Topliss-reactive ketones (excluding diaryl/α,β-unsaturated/α-hetero) is 1. The number of esters is 2. The van der Waals surface area contributed by atoms with Crippen LogP contribution in [0.2, 0.25) is 0 Å². The van der Waals surface area contributed by atoms with Crippen LogP contribution in [-0.4, -0.2) is 30.9 Å². The molecule has 0 radical (unpaired) electrons. The molecule has 0 saturated carbocycles. The molecule has 0 unspecified atom stereocenters. The molecule has 0 atom stereocenters. The highest BCUT2D eigenvalue weighted by atomic mass is 16.5. The maximum absolute atomic E-state index is 12.1. The van der Waals surface area contributed by atoms with Crippen LogP contribution in [0.4, 0.5) is 0 Å². The van der Waals surface area contributed by atoms with E-state index in [1.807, 2.05) is 0 Å². The van der Waals surface area contributed by atoms with Crippen molar-refractivity contribution in [2.24, 2.45) is 0 Å². The van der Waals surface area contributed by atoms with Gasteiger partial charge in [0, 0.05) is 18.4 Å². The van der Waals surface area contributed by atoms with Crippen LogP contribution >= 0.6 is 0 Å². The van der Waals surface area contributed by atoms with Gasteiger partial charge in [-0.1, -0.05) is 6.92 Å². The van der Waals surface area contributed by atoms with E-state index < -0.39 is 5.97 Å². The summed E-state index contributed by atoms with van der Waals surface area (Å²) in [5, 5.41) is 0. The summed E-state index contributed by atoms with van der Waals surface area (Å²) in [6, 6.07) is 0. The zero-order valence-corrected chi connectivity index (χ0v) is 13.5. The Kier molecular flexibility index (Phi) is 6.82. The van der Waals surface area contributed by atoms with Crippen LogP contribution in [0.1, 0.15) is 65.8 Å². The van der Waals surface area contributed by atoms with Gasteiger partial charge in [-0.2, -0.15) is 0 Å². The topological polar surface area (TPSA) is 82.8 Å². The highest BCUT2D eigenvalue weighted by Gasteiger charge is 2.26. The molecule has 0 aliphatic heterocycles. The first kappa shape index (κ1) is 17.9. The molecular weight excluding hydrogens is 288 g/mol. The minimum Gasteiger partial charge on any atom is -0.466 e. The minimum absolute atomic E-state index is 0.0763. The summed E-state index contributed by atoms with van der Waals surface area (Å²) in [6.07, 6.45) is 0.533. The normalized spacial score (nSPS) is 10.4. The van der Waals surface area contributed by atoms with Crippen molar-refractivity contribution in [3.05, 3.63) is 22.6 Å². The third-order valence-electron chi connectivity index (χ3n) is 3.14. The van der Waals surface area contributed by atoms with Crippen molar-refractivity contribution < 1.29 is 28.3 Å². The molecule has 0 aromatic carbocycles. The SMILES string of the molecule is CCOC(=O)CCc1oc(C(=O)CC)c(C)c1C(=O)OCC. The fraction of sp³-hybridized carbons (Fsp3) is 0.562. The molecule has 1 aromatic rings. The van der Waals surface area contributed by atoms with Gasteiger partial charge < -0.3 is 13.9 Å². The summed E-state index contributed by atoms with van der Waals surface area (Å²) in [5.74, 6) is -0.664. The van der Waals surface area contributed by atoms with Crippen LogP contribution in [-0.2, 0) is 20.7 Å². The average molecular weight is 310 g/mol. The van der Waals surface area contributed by atoms with E-state index in [-0.39, 0.29) is 48.9 Å². The van der Waals surface area contributed by atoms with E-state index in [2.05, 4.69) is 0 Å². The third kappa shape index (κ3) is 4.19. The van der Waals surface area contributed by atoms with Crippen LogP contribution in [0.3, 0.4) is 0 Å². The van der Waals surface area contributed by atoms with Gasteiger partial charge in [-0.05, 0) is 20.8 Å². The molecule has 0 aliphatic rings. The Labute approximate surface area is 129 Å². The lowest BCUT2D eigenvalue weighted by molar-refractivity contribution is -0.143. The smallest absolute Gasteiger partial charge is 0.341 e. The summed E-state index contributed by atoms with van der Waals surface area (Å²) in [5.41, 5.74) is 0.701. The third-order valence-corrected chi connectivity index (χ3v) is 3.14. The second kappa shape index (κ2) is 8.36. The van der Waals surface area contributed by atoms with Crippen LogP contribution in [0.15, 0.2) is 4.42 Å². The quantitative estimate of drug-likeness (QED) is 0.542. The number of rotatable bonds is 8. The highest BCUT2D eigenvalue weighted by Crippen LogP contribution is 2.25. The van der Waals surface area contributed by atoms with Gasteiger partial charge in [-0.3, -0.25) is 9.59 Å². The summed E-state index contributed by atoms with van der Waals surface area (Å²) < 4.78 is 15.4. The van der Waals surface area contributed by atoms with Crippen molar-refractivity contribution in [2.45, 2.75) is 47.0 Å². The first-order chi connectivity index (χ1) is 10.5. The lowest BCUT2D eigenvalue weighted by Crippen LogP contribution is -2.10. The number of ether oxygens (including phenoxy) is 2. The average Bonchev–Trinajstić information content (AvgIpc) is 2.81. The summed E-state index contributed by atoms with van der Waals surface area (Å²) in [6.45, 7) is 7.29. The number of hydrogen-bond acceptors (Lipinski definition) is 6. The molecule has 122 valence electrons. The van der Waals surface area contributed by atoms with Crippen LogP contribution in [0, 0.1) is 6.92 Å². The van der Waals surface area contributed by atoms with Crippen LogP contribution < -0.4 is 0 Å². The second-order valence-corrected chi connectivity index (χ2v) is 4.66. The summed E-state index contributed by atoms with van der Waals surface area (Å²) >= 11 is 0. The maximum Gasteiger partial charge on any atom is 0.341 e. The van der Waals surface area contributed by atoms with Gasteiger partial charge in [0.25, 0.3) is 0 Å². The van der Waals surface area contributed by atoms with E-state index in [1.165, 1.54) is 0 Å². The van der Waals surface area contributed by atoms with Gasteiger partial charge in [0.2, 0.25) is 0 Å². The first-order valence-electron chi connectivity index (χ1n) is 7.44. The van der Waals surface area contributed by atoms with E-state index >= 15 is 0 Å². The molecule has 0 aliphatic carbocycles. The van der Waals surface area contributed by atoms with Gasteiger partial charge in [-0.25, -0.2) is 4.79 Å². The fourth-order valence-electron chi connectivity index (χ4n) is 2.10. The zero-order chi connectivity index (χ0) is 16.7. The van der Waals surface area contributed by atoms with Gasteiger partial charge >= 0.3 is 11.9 Å². The molecule has 0 amide bonds. The van der Waals surface area contributed by atoms with Gasteiger partial charge in [0.15, 0.2) is 11.5 Å². The molecule has 0 N–H and O–H groups in total. The molecule has 1 heterocycles. The predicted molar refractivity (Wildman–Crippen MR) is 79.0 cm³/mol. The fourth-order valence-corrected chi connectivity index (χ4v) is 2.10. The first-order valence-corrected chi connectivity index (χ1v) is 7.44. The number of carbonyl (C=O) groups excluding carboxylic acids is 3. The lowest BCUT2D eigenvalue weighted by atomic mass is 10.1. The van der Waals surface area contributed by atoms with Crippen molar-refractivity contribution in [2.75, 3.05) is 13.2 Å².